The number of amides is 1. The first-order valence-corrected chi connectivity index (χ1v) is 7.86. The highest BCUT2D eigenvalue weighted by Crippen LogP contribution is 2.30. The molecule has 1 atom stereocenters. The lowest BCUT2D eigenvalue weighted by atomic mass is 9.96. The Labute approximate surface area is 127 Å². The second kappa shape index (κ2) is 5.48. The monoisotopic (exact) mass is 292 g/mol. The Balaban J connectivity index is 2.35. The van der Waals surface area contributed by atoms with Gasteiger partial charge in [0.05, 0.1) is 17.2 Å². The zero-order valence-electron chi connectivity index (χ0n) is 14.1. The smallest absolute Gasteiger partial charge is 0.256 e. The van der Waals surface area contributed by atoms with Crippen LogP contribution < -0.4 is 0 Å². The number of aromatic nitrogens is 1. The number of aliphatic hydroxyl groups is 1. The number of hydrogen-bond acceptors (Lipinski definition) is 2. The second-order valence-electron chi connectivity index (χ2n) is 7.06. The largest absolute Gasteiger partial charge is 0.388 e. The van der Waals surface area contributed by atoms with Crippen molar-refractivity contribution < 1.29 is 9.90 Å². The Morgan fingerprint density at radius 1 is 1.38 bits per heavy atom. The lowest BCUT2D eigenvalue weighted by Gasteiger charge is -2.33. The van der Waals surface area contributed by atoms with Crippen LogP contribution in [0, 0.1) is 13.8 Å². The average molecular weight is 292 g/mol. The van der Waals surface area contributed by atoms with Crippen molar-refractivity contribution in [2.45, 2.75) is 72.1 Å². The van der Waals surface area contributed by atoms with Gasteiger partial charge >= 0.3 is 0 Å². The highest BCUT2D eigenvalue weighted by molar-refractivity contribution is 5.96. The molecule has 0 aliphatic carbocycles. The molecule has 118 valence electrons. The van der Waals surface area contributed by atoms with Gasteiger partial charge in [0.15, 0.2) is 0 Å². The van der Waals surface area contributed by atoms with E-state index < -0.39 is 5.60 Å². The highest BCUT2D eigenvalue weighted by atomic mass is 16.3. The molecule has 1 amide bonds. The minimum absolute atomic E-state index is 0.0552. The fraction of sp³-hybridized carbons (Fsp3) is 0.706. The van der Waals surface area contributed by atoms with Crippen molar-refractivity contribution in [3.63, 3.8) is 0 Å². The van der Waals surface area contributed by atoms with E-state index in [1.165, 1.54) is 0 Å². The summed E-state index contributed by atoms with van der Waals surface area (Å²) >= 11 is 0. The van der Waals surface area contributed by atoms with Gasteiger partial charge in [0.25, 0.3) is 5.91 Å². The van der Waals surface area contributed by atoms with E-state index in [1.807, 2.05) is 24.8 Å². The van der Waals surface area contributed by atoms with Crippen molar-refractivity contribution in [2.75, 3.05) is 6.54 Å². The van der Waals surface area contributed by atoms with Gasteiger partial charge in [0, 0.05) is 24.0 Å². The van der Waals surface area contributed by atoms with E-state index in [0.717, 1.165) is 36.3 Å². The zero-order chi connectivity index (χ0) is 15.9. The van der Waals surface area contributed by atoms with E-state index in [9.17, 15) is 9.90 Å². The summed E-state index contributed by atoms with van der Waals surface area (Å²) in [6.45, 7) is 12.6. The number of carbonyl (C=O) groups excluding carboxylic acids is 1. The van der Waals surface area contributed by atoms with Crippen LogP contribution >= 0.6 is 0 Å². The van der Waals surface area contributed by atoms with Crippen LogP contribution in [0.2, 0.25) is 0 Å². The molecule has 1 fully saturated rings. The molecule has 4 nitrogen and oxygen atoms in total. The van der Waals surface area contributed by atoms with Gasteiger partial charge in [0.1, 0.15) is 0 Å². The summed E-state index contributed by atoms with van der Waals surface area (Å²) in [6.07, 6.45) is 1.83. The molecule has 0 spiro atoms. The first-order valence-electron chi connectivity index (χ1n) is 7.86. The summed E-state index contributed by atoms with van der Waals surface area (Å²) in [5.74, 6) is 0.0552. The molecule has 1 unspecified atom stereocenters. The molecule has 0 radical (unpaired) electrons. The highest BCUT2D eigenvalue weighted by Gasteiger charge is 2.39. The summed E-state index contributed by atoms with van der Waals surface area (Å²) in [5, 5.41) is 10.3. The van der Waals surface area contributed by atoms with E-state index in [0.29, 0.717) is 6.04 Å². The minimum Gasteiger partial charge on any atom is -0.388 e. The van der Waals surface area contributed by atoms with Gasteiger partial charge in [-0.05, 0) is 60.5 Å². The summed E-state index contributed by atoms with van der Waals surface area (Å²) < 4.78 is 2.20. The topological polar surface area (TPSA) is 45.5 Å². The number of rotatable bonds is 3. The molecule has 1 aliphatic rings. The van der Waals surface area contributed by atoms with Crippen LogP contribution in [-0.2, 0) is 0 Å². The average Bonchev–Trinajstić information content (AvgIpc) is 2.92. The predicted molar refractivity (Wildman–Crippen MR) is 84.6 cm³/mol. The molecule has 2 heterocycles. The normalized spacial score (nSPS) is 19.6. The maximum absolute atomic E-state index is 12.9. The third-order valence-electron chi connectivity index (χ3n) is 4.56. The van der Waals surface area contributed by atoms with Crippen molar-refractivity contribution in [3.05, 3.63) is 23.0 Å². The molecule has 21 heavy (non-hydrogen) atoms. The molecule has 0 bridgehead atoms. The molecule has 1 N–H and O–H groups in total. The maximum Gasteiger partial charge on any atom is 0.256 e. The minimum atomic E-state index is -0.851. The second-order valence-corrected chi connectivity index (χ2v) is 7.06. The van der Waals surface area contributed by atoms with Crippen molar-refractivity contribution in [2.24, 2.45) is 0 Å². The molecule has 1 aromatic heterocycles. The van der Waals surface area contributed by atoms with Gasteiger partial charge in [-0.15, -0.1) is 0 Å². The number of likely N-dealkylation sites (tertiary alicyclic amines) is 1. The quantitative estimate of drug-likeness (QED) is 0.930. The van der Waals surface area contributed by atoms with Gasteiger partial charge in [0.2, 0.25) is 0 Å². The molecule has 4 heteroatoms. The van der Waals surface area contributed by atoms with Crippen LogP contribution in [0.25, 0.3) is 0 Å². The van der Waals surface area contributed by atoms with Crippen molar-refractivity contribution >= 4 is 5.91 Å². The molecular weight excluding hydrogens is 264 g/mol. The van der Waals surface area contributed by atoms with Gasteiger partial charge < -0.3 is 14.6 Å². The molecule has 2 rings (SSSR count). The fourth-order valence-electron chi connectivity index (χ4n) is 3.69. The van der Waals surface area contributed by atoms with E-state index in [2.05, 4.69) is 18.4 Å². The van der Waals surface area contributed by atoms with Crippen molar-refractivity contribution in [1.29, 1.82) is 0 Å². The van der Waals surface area contributed by atoms with Crippen molar-refractivity contribution in [1.82, 2.24) is 9.47 Å². The summed E-state index contributed by atoms with van der Waals surface area (Å²) in [7, 11) is 0. The number of carbonyl (C=O) groups is 1. The summed E-state index contributed by atoms with van der Waals surface area (Å²) in [5.41, 5.74) is 2.06. The summed E-state index contributed by atoms with van der Waals surface area (Å²) in [4.78, 5) is 14.8. The third-order valence-corrected chi connectivity index (χ3v) is 4.56. The number of nitrogens with zero attached hydrogens (tertiary/aromatic N) is 2. The Morgan fingerprint density at radius 3 is 2.48 bits per heavy atom. The first-order chi connectivity index (χ1) is 9.64. The van der Waals surface area contributed by atoms with Crippen LogP contribution in [0.3, 0.4) is 0 Å². The van der Waals surface area contributed by atoms with Crippen LogP contribution in [0.4, 0.5) is 0 Å². The lowest BCUT2D eigenvalue weighted by molar-refractivity contribution is 0.000298. The van der Waals surface area contributed by atoms with Crippen LogP contribution in [0.1, 0.15) is 68.3 Å². The van der Waals surface area contributed by atoms with Crippen LogP contribution in [0.5, 0.6) is 0 Å². The van der Waals surface area contributed by atoms with Crippen LogP contribution in [-0.4, -0.2) is 38.7 Å². The molecule has 1 aromatic rings. The Hall–Kier alpha value is -1.29. The van der Waals surface area contributed by atoms with Gasteiger partial charge in [-0.1, -0.05) is 0 Å². The Bertz CT molecular complexity index is 538. The molecule has 1 aliphatic heterocycles. The van der Waals surface area contributed by atoms with Gasteiger partial charge in [-0.2, -0.15) is 0 Å². The van der Waals surface area contributed by atoms with E-state index >= 15 is 0 Å². The number of hydrogen-bond donors (Lipinski definition) is 1. The standard InChI is InChI=1S/C17H28N2O2/c1-11(2)19-12(3)10-14(13(19)4)16(20)18-9-7-8-15(18)17(5,6)21/h10-11,15,21H,7-9H2,1-6H3. The van der Waals surface area contributed by atoms with E-state index in [1.54, 1.807) is 13.8 Å². The first kappa shape index (κ1) is 16.1. The van der Waals surface area contributed by atoms with E-state index in [-0.39, 0.29) is 11.9 Å². The zero-order valence-corrected chi connectivity index (χ0v) is 14.1. The lowest BCUT2D eigenvalue weighted by Crippen LogP contribution is -2.48. The molecule has 0 aromatic carbocycles. The Kier molecular flexibility index (Phi) is 4.20. The predicted octanol–water partition coefficient (Wildman–Crippen LogP) is 3.06. The van der Waals surface area contributed by atoms with E-state index in [4.69, 9.17) is 0 Å². The fourth-order valence-corrected chi connectivity index (χ4v) is 3.69. The van der Waals surface area contributed by atoms with Gasteiger partial charge in [-0.3, -0.25) is 4.79 Å². The molecule has 0 saturated carbocycles. The number of aryl methyl sites for hydroxylation is 1. The maximum atomic E-state index is 12.9. The molecular formula is C17H28N2O2. The SMILES string of the molecule is Cc1cc(C(=O)N2CCCC2C(C)(C)O)c(C)n1C(C)C. The molecule has 1 saturated heterocycles. The third kappa shape index (κ3) is 2.86. The summed E-state index contributed by atoms with van der Waals surface area (Å²) in [6, 6.07) is 2.24. The Morgan fingerprint density at radius 2 is 2.00 bits per heavy atom. The van der Waals surface area contributed by atoms with Crippen molar-refractivity contribution in [3.8, 4) is 0 Å². The van der Waals surface area contributed by atoms with Crippen LogP contribution in [0.15, 0.2) is 6.07 Å². The van der Waals surface area contributed by atoms with Gasteiger partial charge in [-0.25, -0.2) is 0 Å².